The van der Waals surface area contributed by atoms with Gasteiger partial charge in [-0.3, -0.25) is 4.79 Å². The van der Waals surface area contributed by atoms with E-state index in [0.29, 0.717) is 55.1 Å². The van der Waals surface area contributed by atoms with Crippen LogP contribution >= 0.6 is 0 Å². The molecule has 0 unspecified atom stereocenters. The molecule has 0 spiro atoms. The number of carbonyl (C=O) groups excluding carboxylic acids is 2. The van der Waals surface area contributed by atoms with Crippen molar-refractivity contribution in [1.82, 2.24) is 4.90 Å². The van der Waals surface area contributed by atoms with Crippen molar-refractivity contribution in [3.8, 4) is 28.7 Å². The second-order valence-electron chi connectivity index (χ2n) is 9.49. The Morgan fingerprint density at radius 3 is 2.18 bits per heavy atom. The minimum atomic E-state index is -0.718. The van der Waals surface area contributed by atoms with Gasteiger partial charge in [-0.2, -0.15) is 0 Å². The molecule has 0 aromatic heterocycles. The number of nitrogens with zero attached hydrogens (tertiary/aromatic N) is 1. The van der Waals surface area contributed by atoms with E-state index in [1.165, 1.54) is 7.11 Å². The van der Waals surface area contributed by atoms with Gasteiger partial charge in [0.15, 0.2) is 23.0 Å². The van der Waals surface area contributed by atoms with Crippen molar-refractivity contribution in [2.45, 2.75) is 12.0 Å². The lowest BCUT2D eigenvalue weighted by Crippen LogP contribution is -2.43. The minimum Gasteiger partial charge on any atom is -0.493 e. The molecule has 4 aliphatic rings. The first-order valence-corrected chi connectivity index (χ1v) is 12.5. The smallest absolute Gasteiger partial charge is 0.410 e. The number of hydrogen-bond donors (Lipinski definition) is 0. The average molecular weight is 528 g/mol. The Hall–Kier alpha value is -3.86. The van der Waals surface area contributed by atoms with E-state index in [2.05, 4.69) is 0 Å². The van der Waals surface area contributed by atoms with Crippen molar-refractivity contribution in [3.05, 3.63) is 41.0 Å². The first kappa shape index (κ1) is 24.5. The molecule has 0 radical (unpaired) electrons. The monoisotopic (exact) mass is 527 g/mol. The molecule has 11 nitrogen and oxygen atoms in total. The number of morpholine rings is 1. The number of benzene rings is 2. The number of cyclic esters (lactones) is 1. The Morgan fingerprint density at radius 1 is 0.895 bits per heavy atom. The van der Waals surface area contributed by atoms with Gasteiger partial charge in [-0.1, -0.05) is 0 Å². The molecule has 2 aromatic carbocycles. The fraction of sp³-hybridized carbons (Fsp3) is 0.481. The number of methoxy groups -OCH3 is 3. The van der Waals surface area contributed by atoms with Crippen LogP contribution in [0.25, 0.3) is 0 Å². The first-order valence-electron chi connectivity index (χ1n) is 12.5. The normalized spacial score (nSPS) is 25.2. The third-order valence-corrected chi connectivity index (χ3v) is 7.66. The lowest BCUT2D eigenvalue weighted by Gasteiger charge is -2.39. The number of hydrogen-bond acceptors (Lipinski definition) is 10. The van der Waals surface area contributed by atoms with E-state index in [-0.39, 0.29) is 19.4 Å². The third-order valence-electron chi connectivity index (χ3n) is 7.66. The predicted molar refractivity (Wildman–Crippen MR) is 130 cm³/mol. The highest BCUT2D eigenvalue weighted by molar-refractivity contribution is 5.79. The van der Waals surface area contributed by atoms with E-state index in [9.17, 15) is 9.59 Å². The number of rotatable bonds is 5. The molecule has 2 fully saturated rings. The number of carbonyl (C=O) groups is 2. The van der Waals surface area contributed by atoms with E-state index in [0.717, 1.165) is 16.7 Å². The zero-order valence-corrected chi connectivity index (χ0v) is 21.4. The molecule has 38 heavy (non-hydrogen) atoms. The van der Waals surface area contributed by atoms with Gasteiger partial charge in [0.1, 0.15) is 6.10 Å². The zero-order valence-electron chi connectivity index (χ0n) is 21.4. The van der Waals surface area contributed by atoms with E-state index >= 15 is 0 Å². The minimum absolute atomic E-state index is 0.0835. The van der Waals surface area contributed by atoms with Crippen LogP contribution in [0.1, 0.15) is 28.7 Å². The van der Waals surface area contributed by atoms with Crippen LogP contribution in [0.3, 0.4) is 0 Å². The molecule has 3 aliphatic heterocycles. The third kappa shape index (κ3) is 3.92. The average Bonchev–Trinajstić information content (AvgIpc) is 3.57. The van der Waals surface area contributed by atoms with Crippen LogP contribution in [-0.4, -0.2) is 78.0 Å². The van der Waals surface area contributed by atoms with Crippen LogP contribution in [0, 0.1) is 11.8 Å². The summed E-state index contributed by atoms with van der Waals surface area (Å²) in [6.07, 6.45) is -1.17. The van der Waals surface area contributed by atoms with Crippen LogP contribution in [0.2, 0.25) is 0 Å². The van der Waals surface area contributed by atoms with Gasteiger partial charge in [0.25, 0.3) is 0 Å². The Morgan fingerprint density at radius 2 is 1.55 bits per heavy atom. The molecule has 11 heteroatoms. The van der Waals surface area contributed by atoms with Crippen molar-refractivity contribution < 1.29 is 47.5 Å². The summed E-state index contributed by atoms with van der Waals surface area (Å²) in [5.41, 5.74) is 2.30. The van der Waals surface area contributed by atoms with Gasteiger partial charge in [-0.05, 0) is 35.4 Å². The van der Waals surface area contributed by atoms with Crippen molar-refractivity contribution in [3.63, 3.8) is 0 Å². The van der Waals surface area contributed by atoms with Crippen molar-refractivity contribution >= 4 is 12.1 Å². The first-order chi connectivity index (χ1) is 18.5. The summed E-state index contributed by atoms with van der Waals surface area (Å²) in [4.78, 5) is 28.1. The molecule has 1 amide bonds. The van der Waals surface area contributed by atoms with E-state index < -0.39 is 30.0 Å². The fourth-order valence-corrected chi connectivity index (χ4v) is 5.87. The van der Waals surface area contributed by atoms with Crippen LogP contribution in [0.5, 0.6) is 28.7 Å². The lowest BCUT2D eigenvalue weighted by atomic mass is 9.66. The van der Waals surface area contributed by atoms with Gasteiger partial charge < -0.3 is 42.8 Å². The van der Waals surface area contributed by atoms with E-state index in [1.807, 2.05) is 24.3 Å². The molecule has 3 heterocycles. The summed E-state index contributed by atoms with van der Waals surface area (Å²) in [5, 5.41) is 0. The predicted octanol–water partition coefficient (Wildman–Crippen LogP) is 2.89. The highest BCUT2D eigenvalue weighted by Crippen LogP contribution is 2.56. The van der Waals surface area contributed by atoms with Crippen molar-refractivity contribution in [2.75, 3.05) is 61.0 Å². The zero-order chi connectivity index (χ0) is 26.4. The Bertz CT molecular complexity index is 1230. The molecular weight excluding hydrogens is 498 g/mol. The summed E-state index contributed by atoms with van der Waals surface area (Å²) in [6, 6.07) is 7.38. The van der Waals surface area contributed by atoms with Crippen LogP contribution < -0.4 is 23.7 Å². The summed E-state index contributed by atoms with van der Waals surface area (Å²) in [5.74, 6) is 0.658. The van der Waals surface area contributed by atoms with Gasteiger partial charge in [0.2, 0.25) is 12.5 Å². The van der Waals surface area contributed by atoms with Crippen molar-refractivity contribution in [2.24, 2.45) is 11.8 Å². The molecule has 0 saturated carbocycles. The SMILES string of the molecule is COc1cc([C@@H]2c3cc4c(cc3[C@@H](OC(=O)N3CCOCC3)[C@H]3COC(=O)[C@H]23)OCO4)cc(OC)c1OC. The molecule has 2 saturated heterocycles. The number of fused-ring (bicyclic) bond motifs is 3. The highest BCUT2D eigenvalue weighted by Gasteiger charge is 2.54. The van der Waals surface area contributed by atoms with Crippen LogP contribution in [-0.2, 0) is 19.0 Å². The molecule has 0 bridgehead atoms. The van der Waals surface area contributed by atoms with Gasteiger partial charge in [-0.15, -0.1) is 0 Å². The standard InChI is InChI=1S/C27H29NO10/c1-31-20-8-14(9-21(32-2)25(20)33-3)22-15-10-18-19(37-13-36-18)11-16(15)24(17-12-35-26(29)23(17)22)38-27(30)28-4-6-34-7-5-28/h8-11,17,22-24H,4-7,12-13H2,1-3H3/t17-,22+,23-,24+/m0/s1. The van der Waals surface area contributed by atoms with Gasteiger partial charge >= 0.3 is 12.1 Å². The molecule has 202 valence electrons. The summed E-state index contributed by atoms with van der Waals surface area (Å²) < 4.78 is 45.1. The maximum atomic E-state index is 13.3. The summed E-state index contributed by atoms with van der Waals surface area (Å²) in [7, 11) is 4.62. The fourth-order valence-electron chi connectivity index (χ4n) is 5.87. The molecular formula is C27H29NO10. The van der Waals surface area contributed by atoms with E-state index in [4.69, 9.17) is 37.9 Å². The highest BCUT2D eigenvalue weighted by atomic mass is 16.7. The number of ether oxygens (including phenoxy) is 8. The topological polar surface area (TPSA) is 111 Å². The molecule has 2 aromatic rings. The van der Waals surface area contributed by atoms with Crippen molar-refractivity contribution in [1.29, 1.82) is 0 Å². The second kappa shape index (κ2) is 9.79. The Labute approximate surface area is 219 Å². The van der Waals surface area contributed by atoms with Crippen LogP contribution in [0.15, 0.2) is 24.3 Å². The quantitative estimate of drug-likeness (QED) is 0.538. The molecule has 1 aliphatic carbocycles. The van der Waals surface area contributed by atoms with Gasteiger partial charge in [0, 0.05) is 30.5 Å². The van der Waals surface area contributed by atoms with Gasteiger partial charge in [0.05, 0.1) is 47.1 Å². The molecule has 0 N–H and O–H groups in total. The second-order valence-corrected chi connectivity index (χ2v) is 9.49. The van der Waals surface area contributed by atoms with E-state index in [1.54, 1.807) is 19.1 Å². The maximum Gasteiger partial charge on any atom is 0.410 e. The molecule has 4 atom stereocenters. The maximum absolute atomic E-state index is 13.3. The summed E-state index contributed by atoms with van der Waals surface area (Å²) in [6.45, 7) is 1.99. The summed E-state index contributed by atoms with van der Waals surface area (Å²) >= 11 is 0. The lowest BCUT2D eigenvalue weighted by molar-refractivity contribution is -0.141. The number of amides is 1. The Balaban J connectivity index is 1.49. The van der Waals surface area contributed by atoms with Gasteiger partial charge in [-0.25, -0.2) is 4.79 Å². The molecule has 6 rings (SSSR count). The number of esters is 1. The Kier molecular flexibility index (Phi) is 6.30. The largest absolute Gasteiger partial charge is 0.493 e. The van der Waals surface area contributed by atoms with Crippen LogP contribution in [0.4, 0.5) is 4.79 Å².